The first-order valence-corrected chi connectivity index (χ1v) is 6.36. The van der Waals surface area contributed by atoms with Crippen LogP contribution in [0.5, 0.6) is 5.75 Å². The summed E-state index contributed by atoms with van der Waals surface area (Å²) in [5, 5.41) is 8.78. The first-order valence-electron chi connectivity index (χ1n) is 5.21. The van der Waals surface area contributed by atoms with Crippen LogP contribution < -0.4 is 9.64 Å². The van der Waals surface area contributed by atoms with Crippen molar-refractivity contribution in [1.29, 1.82) is 5.39 Å². The highest BCUT2D eigenvalue weighted by Crippen LogP contribution is 2.32. The molecule has 2 rings (SSSR count). The lowest BCUT2D eigenvalue weighted by atomic mass is 10.2. The van der Waals surface area contributed by atoms with Crippen LogP contribution in [0.1, 0.15) is 0 Å². The fourth-order valence-electron chi connectivity index (χ4n) is 1.77. The molecule has 0 aromatic heterocycles. The Bertz CT molecular complexity index is 410. The first-order chi connectivity index (χ1) is 7.85. The molecule has 1 saturated heterocycles. The van der Waals surface area contributed by atoms with Crippen molar-refractivity contribution in [3.05, 3.63) is 23.2 Å². The number of hydrogen-bond acceptors (Lipinski definition) is 4. The summed E-state index contributed by atoms with van der Waals surface area (Å²) in [4.78, 5) is 5.50. The molecule has 0 bridgehead atoms. The minimum absolute atomic E-state index is 0.470. The van der Waals surface area contributed by atoms with E-state index in [2.05, 4.69) is 9.88 Å². The van der Waals surface area contributed by atoms with E-state index in [9.17, 15) is 0 Å². The SMILES string of the molecule is COc1cc(N2CCSCC2)ccc1[N+]#N. The number of diazo groups is 1. The number of ether oxygens (including phenoxy) is 1. The van der Waals surface area contributed by atoms with Gasteiger partial charge in [0.25, 0.3) is 0 Å². The number of hydrogen-bond donors (Lipinski definition) is 0. The van der Waals surface area contributed by atoms with Gasteiger partial charge < -0.3 is 9.64 Å². The monoisotopic (exact) mass is 236 g/mol. The zero-order valence-electron chi connectivity index (χ0n) is 9.22. The molecule has 16 heavy (non-hydrogen) atoms. The average molecular weight is 236 g/mol. The number of benzene rings is 1. The van der Waals surface area contributed by atoms with Crippen LogP contribution in [0.15, 0.2) is 18.2 Å². The highest BCUT2D eigenvalue weighted by atomic mass is 32.2. The first kappa shape index (κ1) is 11.1. The maximum atomic E-state index is 8.78. The van der Waals surface area contributed by atoms with Crippen LogP contribution in [0.3, 0.4) is 0 Å². The van der Waals surface area contributed by atoms with Crippen molar-refractivity contribution in [3.63, 3.8) is 0 Å². The highest BCUT2D eigenvalue weighted by Gasteiger charge is 2.18. The smallest absolute Gasteiger partial charge is 0.426 e. The van der Waals surface area contributed by atoms with E-state index in [1.807, 2.05) is 23.9 Å². The Balaban J connectivity index is 2.25. The van der Waals surface area contributed by atoms with Gasteiger partial charge in [0.05, 0.1) is 7.11 Å². The average Bonchev–Trinajstić information content (AvgIpc) is 2.39. The Hall–Kier alpha value is -1.41. The summed E-state index contributed by atoms with van der Waals surface area (Å²) >= 11 is 1.98. The van der Waals surface area contributed by atoms with Crippen LogP contribution in [0.4, 0.5) is 11.4 Å². The molecule has 1 fully saturated rings. The largest absolute Gasteiger partial charge is 0.489 e. The molecule has 0 aliphatic carbocycles. The molecular formula is C11H14N3OS+. The lowest BCUT2D eigenvalue weighted by molar-refractivity contribution is 0.417. The molecule has 0 unspecified atom stereocenters. The normalized spacial score (nSPS) is 15.6. The van der Waals surface area contributed by atoms with Crippen molar-refractivity contribution < 1.29 is 4.74 Å². The summed E-state index contributed by atoms with van der Waals surface area (Å²) < 4.78 is 5.18. The maximum absolute atomic E-state index is 8.78. The Labute approximate surface area is 99.2 Å². The molecule has 4 nitrogen and oxygen atoms in total. The summed E-state index contributed by atoms with van der Waals surface area (Å²) in [6.07, 6.45) is 0. The quantitative estimate of drug-likeness (QED) is 0.740. The van der Waals surface area contributed by atoms with Crippen molar-refractivity contribution in [2.45, 2.75) is 0 Å². The fourth-order valence-corrected chi connectivity index (χ4v) is 2.67. The van der Waals surface area contributed by atoms with Crippen LogP contribution >= 0.6 is 11.8 Å². The van der Waals surface area contributed by atoms with Crippen LogP contribution in [-0.2, 0) is 0 Å². The Morgan fingerprint density at radius 1 is 1.38 bits per heavy atom. The van der Waals surface area contributed by atoms with Crippen LogP contribution in [0.25, 0.3) is 4.98 Å². The predicted octanol–water partition coefficient (Wildman–Crippen LogP) is 2.73. The molecule has 1 aliphatic rings. The van der Waals surface area contributed by atoms with Gasteiger partial charge in [0.2, 0.25) is 11.1 Å². The molecule has 0 saturated carbocycles. The fraction of sp³-hybridized carbons (Fsp3) is 0.455. The van der Waals surface area contributed by atoms with Gasteiger partial charge in [-0.3, -0.25) is 0 Å². The van der Waals surface area contributed by atoms with E-state index in [1.54, 1.807) is 13.2 Å². The molecule has 0 atom stereocenters. The van der Waals surface area contributed by atoms with Gasteiger partial charge in [0, 0.05) is 42.4 Å². The zero-order chi connectivity index (χ0) is 11.4. The van der Waals surface area contributed by atoms with Gasteiger partial charge >= 0.3 is 5.69 Å². The van der Waals surface area contributed by atoms with Crippen LogP contribution in [0.2, 0.25) is 0 Å². The van der Waals surface area contributed by atoms with Crippen molar-refractivity contribution in [3.8, 4) is 5.75 Å². The Morgan fingerprint density at radius 3 is 2.75 bits per heavy atom. The van der Waals surface area contributed by atoms with Crippen molar-refractivity contribution in [1.82, 2.24) is 0 Å². The molecule has 0 spiro atoms. The van der Waals surface area contributed by atoms with E-state index in [4.69, 9.17) is 10.1 Å². The topological polar surface area (TPSA) is 40.6 Å². The standard InChI is InChI=1S/C11H14N3OS/c1-15-11-8-9(2-3-10(11)13-12)14-4-6-16-7-5-14/h2-3,8H,4-7H2,1H3/q+1. The second-order valence-corrected chi connectivity index (χ2v) is 4.78. The summed E-state index contributed by atoms with van der Waals surface area (Å²) in [7, 11) is 1.58. The van der Waals surface area contributed by atoms with Gasteiger partial charge in [0.15, 0.2) is 4.98 Å². The van der Waals surface area contributed by atoms with E-state index in [1.165, 1.54) is 0 Å². The third-order valence-corrected chi connectivity index (χ3v) is 3.59. The predicted molar refractivity (Wildman–Crippen MR) is 67.3 cm³/mol. The summed E-state index contributed by atoms with van der Waals surface area (Å²) in [5.41, 5.74) is 1.60. The van der Waals surface area contributed by atoms with Gasteiger partial charge in [0.1, 0.15) is 0 Å². The maximum Gasteiger partial charge on any atom is 0.426 e. The Kier molecular flexibility index (Phi) is 3.52. The number of methoxy groups -OCH3 is 1. The Morgan fingerprint density at radius 2 is 2.12 bits per heavy atom. The molecule has 1 heterocycles. The number of thioether (sulfide) groups is 1. The molecule has 0 N–H and O–H groups in total. The third kappa shape index (κ3) is 2.22. The van der Waals surface area contributed by atoms with Crippen molar-refractivity contribution in [2.24, 2.45) is 0 Å². The molecule has 0 radical (unpaired) electrons. The van der Waals surface area contributed by atoms with E-state index < -0.39 is 0 Å². The number of nitrogens with zero attached hydrogens (tertiary/aromatic N) is 3. The summed E-state index contributed by atoms with van der Waals surface area (Å²) in [6.45, 7) is 2.12. The number of rotatable bonds is 2. The molecule has 0 amide bonds. The summed E-state index contributed by atoms with van der Waals surface area (Å²) in [5.74, 6) is 2.93. The van der Waals surface area contributed by atoms with E-state index >= 15 is 0 Å². The third-order valence-electron chi connectivity index (χ3n) is 2.65. The second kappa shape index (κ2) is 5.08. The molecule has 1 aliphatic heterocycles. The molecule has 1 aromatic rings. The van der Waals surface area contributed by atoms with Crippen LogP contribution in [0, 0.1) is 5.39 Å². The minimum Gasteiger partial charge on any atom is -0.489 e. The lowest BCUT2D eigenvalue weighted by Crippen LogP contribution is -2.32. The van der Waals surface area contributed by atoms with Crippen molar-refractivity contribution in [2.75, 3.05) is 36.6 Å². The lowest BCUT2D eigenvalue weighted by Gasteiger charge is -2.28. The molecule has 1 aromatic carbocycles. The second-order valence-electron chi connectivity index (χ2n) is 3.56. The van der Waals surface area contributed by atoms with Crippen LogP contribution in [-0.4, -0.2) is 31.7 Å². The zero-order valence-corrected chi connectivity index (χ0v) is 10.0. The van der Waals surface area contributed by atoms with Gasteiger partial charge in [-0.15, -0.1) is 0 Å². The molecule has 5 heteroatoms. The number of anilines is 1. The van der Waals surface area contributed by atoms with E-state index in [0.717, 1.165) is 30.3 Å². The van der Waals surface area contributed by atoms with E-state index in [0.29, 0.717) is 11.4 Å². The summed E-state index contributed by atoms with van der Waals surface area (Å²) in [6, 6.07) is 5.66. The van der Waals surface area contributed by atoms with Crippen molar-refractivity contribution >= 4 is 23.1 Å². The van der Waals surface area contributed by atoms with Gasteiger partial charge in [-0.05, 0) is 6.07 Å². The highest BCUT2D eigenvalue weighted by molar-refractivity contribution is 7.99. The van der Waals surface area contributed by atoms with Gasteiger partial charge in [-0.2, -0.15) is 11.8 Å². The molecule has 84 valence electrons. The van der Waals surface area contributed by atoms with E-state index in [-0.39, 0.29) is 0 Å². The van der Waals surface area contributed by atoms with Gasteiger partial charge in [-0.25, -0.2) is 0 Å². The minimum atomic E-state index is 0.470. The molecular weight excluding hydrogens is 222 g/mol. The van der Waals surface area contributed by atoms with Gasteiger partial charge in [-0.1, -0.05) is 0 Å².